The van der Waals surface area contributed by atoms with Crippen molar-refractivity contribution < 1.29 is 9.84 Å². The molecule has 14 heavy (non-hydrogen) atoms. The summed E-state index contributed by atoms with van der Waals surface area (Å²) in [5.41, 5.74) is 0.197. The predicted molar refractivity (Wildman–Crippen MR) is 57.3 cm³/mol. The fourth-order valence-electron chi connectivity index (χ4n) is 2.05. The normalized spacial score (nSPS) is 32.4. The van der Waals surface area contributed by atoms with E-state index in [2.05, 4.69) is 19.2 Å². The van der Waals surface area contributed by atoms with Crippen LogP contribution in [0.4, 0.5) is 0 Å². The van der Waals surface area contributed by atoms with Crippen LogP contribution in [0.15, 0.2) is 0 Å². The molecule has 0 bridgehead atoms. The highest BCUT2D eigenvalue weighted by atomic mass is 16.5. The molecule has 0 aromatic heterocycles. The first kappa shape index (κ1) is 12.0. The molecule has 1 rings (SSSR count). The van der Waals surface area contributed by atoms with Crippen LogP contribution in [0.3, 0.4) is 0 Å². The van der Waals surface area contributed by atoms with Gasteiger partial charge in [-0.05, 0) is 12.8 Å². The summed E-state index contributed by atoms with van der Waals surface area (Å²) in [6, 6.07) is 0.480. The van der Waals surface area contributed by atoms with Gasteiger partial charge in [0.1, 0.15) is 0 Å². The van der Waals surface area contributed by atoms with Gasteiger partial charge in [-0.3, -0.25) is 0 Å². The first-order valence-corrected chi connectivity index (χ1v) is 5.46. The third-order valence-electron chi connectivity index (χ3n) is 3.53. The Bertz CT molecular complexity index is 182. The van der Waals surface area contributed by atoms with Gasteiger partial charge in [-0.25, -0.2) is 0 Å². The van der Waals surface area contributed by atoms with Gasteiger partial charge < -0.3 is 15.2 Å². The van der Waals surface area contributed by atoms with Crippen molar-refractivity contribution in [3.05, 3.63) is 0 Å². The molecule has 2 N–H and O–H groups in total. The molecule has 0 saturated heterocycles. The van der Waals surface area contributed by atoms with Crippen molar-refractivity contribution in [2.75, 3.05) is 13.7 Å². The van der Waals surface area contributed by atoms with Gasteiger partial charge in [0, 0.05) is 25.1 Å². The van der Waals surface area contributed by atoms with Gasteiger partial charge in [0.15, 0.2) is 0 Å². The molecule has 0 aromatic carbocycles. The smallest absolute Gasteiger partial charge is 0.0662 e. The molecule has 3 nitrogen and oxygen atoms in total. The van der Waals surface area contributed by atoms with E-state index in [4.69, 9.17) is 4.74 Å². The Morgan fingerprint density at radius 1 is 1.57 bits per heavy atom. The van der Waals surface area contributed by atoms with Gasteiger partial charge in [0.05, 0.1) is 12.2 Å². The van der Waals surface area contributed by atoms with Gasteiger partial charge in [-0.15, -0.1) is 0 Å². The van der Waals surface area contributed by atoms with E-state index >= 15 is 0 Å². The molecule has 0 radical (unpaired) electrons. The molecule has 84 valence electrons. The van der Waals surface area contributed by atoms with Crippen LogP contribution < -0.4 is 5.32 Å². The Hall–Kier alpha value is -0.120. The second-order valence-corrected chi connectivity index (χ2v) is 4.80. The first-order valence-electron chi connectivity index (χ1n) is 5.46. The summed E-state index contributed by atoms with van der Waals surface area (Å²) in [7, 11) is 1.77. The SMILES string of the molecule is CCC(O)CNC1CC(OC)C1(C)C. The Balaban J connectivity index is 2.28. The van der Waals surface area contributed by atoms with Crippen LogP contribution in [0, 0.1) is 5.41 Å². The summed E-state index contributed by atoms with van der Waals surface area (Å²) in [5, 5.41) is 12.8. The van der Waals surface area contributed by atoms with Gasteiger partial charge in [-0.1, -0.05) is 20.8 Å². The van der Waals surface area contributed by atoms with Crippen molar-refractivity contribution in [2.45, 2.75) is 51.9 Å². The van der Waals surface area contributed by atoms with E-state index < -0.39 is 0 Å². The monoisotopic (exact) mass is 201 g/mol. The number of nitrogens with one attached hydrogen (secondary N) is 1. The summed E-state index contributed by atoms with van der Waals surface area (Å²) in [5.74, 6) is 0. The fourth-order valence-corrected chi connectivity index (χ4v) is 2.05. The second-order valence-electron chi connectivity index (χ2n) is 4.80. The lowest BCUT2D eigenvalue weighted by molar-refractivity contribution is -0.0991. The van der Waals surface area contributed by atoms with Gasteiger partial charge in [0.25, 0.3) is 0 Å². The Morgan fingerprint density at radius 2 is 2.21 bits per heavy atom. The summed E-state index contributed by atoms with van der Waals surface area (Å²) >= 11 is 0. The van der Waals surface area contributed by atoms with Crippen molar-refractivity contribution in [2.24, 2.45) is 5.41 Å². The number of rotatable bonds is 5. The number of hydrogen-bond donors (Lipinski definition) is 2. The molecule has 3 atom stereocenters. The maximum atomic E-state index is 9.43. The molecule has 0 spiro atoms. The van der Waals surface area contributed by atoms with Crippen molar-refractivity contribution in [3.8, 4) is 0 Å². The number of aliphatic hydroxyl groups excluding tert-OH is 1. The topological polar surface area (TPSA) is 41.5 Å². The number of methoxy groups -OCH3 is 1. The number of ether oxygens (including phenoxy) is 1. The number of aliphatic hydroxyl groups is 1. The quantitative estimate of drug-likeness (QED) is 0.701. The van der Waals surface area contributed by atoms with Crippen LogP contribution in [0.5, 0.6) is 0 Å². The lowest BCUT2D eigenvalue weighted by Crippen LogP contribution is -2.61. The van der Waals surface area contributed by atoms with Crippen LogP contribution in [-0.4, -0.2) is 37.0 Å². The molecule has 3 unspecified atom stereocenters. The predicted octanol–water partition coefficient (Wildman–Crippen LogP) is 1.16. The third kappa shape index (κ3) is 2.27. The van der Waals surface area contributed by atoms with Crippen molar-refractivity contribution in [1.82, 2.24) is 5.32 Å². The summed E-state index contributed by atoms with van der Waals surface area (Å²) in [4.78, 5) is 0. The summed E-state index contributed by atoms with van der Waals surface area (Å²) < 4.78 is 5.36. The van der Waals surface area contributed by atoms with Gasteiger partial charge in [-0.2, -0.15) is 0 Å². The van der Waals surface area contributed by atoms with E-state index in [1.807, 2.05) is 6.92 Å². The zero-order valence-electron chi connectivity index (χ0n) is 9.71. The molecule has 1 aliphatic rings. The van der Waals surface area contributed by atoms with Crippen molar-refractivity contribution in [1.29, 1.82) is 0 Å². The second kappa shape index (κ2) is 4.60. The molecule has 0 amide bonds. The Morgan fingerprint density at radius 3 is 2.64 bits per heavy atom. The van der Waals surface area contributed by atoms with E-state index in [1.165, 1.54) is 0 Å². The lowest BCUT2D eigenvalue weighted by atomic mass is 9.64. The standard InChI is InChI=1S/C11H23NO2/c1-5-8(13)7-12-9-6-10(14-4)11(9,2)3/h8-10,12-13H,5-7H2,1-4H3. The van der Waals surface area contributed by atoms with Crippen LogP contribution >= 0.6 is 0 Å². The molecule has 1 fully saturated rings. The zero-order chi connectivity index (χ0) is 10.8. The molecule has 1 saturated carbocycles. The summed E-state index contributed by atoms with van der Waals surface area (Å²) in [6.07, 6.45) is 2.01. The Kier molecular flexibility index (Phi) is 3.93. The fraction of sp³-hybridized carbons (Fsp3) is 1.00. The van der Waals surface area contributed by atoms with E-state index in [0.29, 0.717) is 18.7 Å². The van der Waals surface area contributed by atoms with Gasteiger partial charge >= 0.3 is 0 Å². The molecule has 0 aromatic rings. The average Bonchev–Trinajstić information content (AvgIpc) is 2.16. The first-order chi connectivity index (χ1) is 6.52. The van der Waals surface area contributed by atoms with E-state index in [9.17, 15) is 5.11 Å². The van der Waals surface area contributed by atoms with Crippen LogP contribution in [0.25, 0.3) is 0 Å². The Labute approximate surface area is 86.8 Å². The highest BCUT2D eigenvalue weighted by molar-refractivity contribution is 5.02. The number of hydrogen-bond acceptors (Lipinski definition) is 3. The minimum absolute atomic E-state index is 0.197. The van der Waals surface area contributed by atoms with Crippen molar-refractivity contribution >= 4 is 0 Å². The van der Waals surface area contributed by atoms with Gasteiger partial charge in [0.2, 0.25) is 0 Å². The molecular formula is C11H23NO2. The minimum Gasteiger partial charge on any atom is -0.392 e. The lowest BCUT2D eigenvalue weighted by Gasteiger charge is -2.51. The molecule has 3 heteroatoms. The van der Waals surface area contributed by atoms with E-state index in [0.717, 1.165) is 12.8 Å². The molecular weight excluding hydrogens is 178 g/mol. The highest BCUT2D eigenvalue weighted by Crippen LogP contribution is 2.42. The molecule has 0 heterocycles. The largest absolute Gasteiger partial charge is 0.392 e. The minimum atomic E-state index is -0.215. The van der Waals surface area contributed by atoms with Crippen LogP contribution in [-0.2, 0) is 4.74 Å². The van der Waals surface area contributed by atoms with Crippen LogP contribution in [0.1, 0.15) is 33.6 Å². The maximum absolute atomic E-state index is 9.43. The summed E-state index contributed by atoms with van der Waals surface area (Å²) in [6.45, 7) is 7.11. The highest BCUT2D eigenvalue weighted by Gasteiger charge is 2.48. The zero-order valence-corrected chi connectivity index (χ0v) is 9.71. The van der Waals surface area contributed by atoms with Crippen LogP contribution in [0.2, 0.25) is 0 Å². The average molecular weight is 201 g/mol. The molecule has 0 aliphatic heterocycles. The maximum Gasteiger partial charge on any atom is 0.0662 e. The van der Waals surface area contributed by atoms with Crippen molar-refractivity contribution in [3.63, 3.8) is 0 Å². The van der Waals surface area contributed by atoms with E-state index in [-0.39, 0.29) is 11.5 Å². The van der Waals surface area contributed by atoms with E-state index in [1.54, 1.807) is 7.11 Å². The third-order valence-corrected chi connectivity index (χ3v) is 3.53. The molecule has 1 aliphatic carbocycles.